The van der Waals surface area contributed by atoms with Crippen LogP contribution in [0.15, 0.2) is 29.1 Å². The molecule has 1 fully saturated rings. The van der Waals surface area contributed by atoms with Gasteiger partial charge in [0.2, 0.25) is 5.28 Å². The second-order valence-corrected chi connectivity index (χ2v) is 6.05. The lowest BCUT2D eigenvalue weighted by Gasteiger charge is -2.28. The molecule has 0 atom stereocenters. The molecule has 0 spiro atoms. The smallest absolute Gasteiger partial charge is 0.332 e. The van der Waals surface area contributed by atoms with Crippen LogP contribution in [0, 0.1) is 0 Å². The maximum absolute atomic E-state index is 12.6. The van der Waals surface area contributed by atoms with Crippen molar-refractivity contribution >= 4 is 28.6 Å². The predicted molar refractivity (Wildman–Crippen MR) is 96.1 cm³/mol. The molecule has 2 aromatic heterocycles. The van der Waals surface area contributed by atoms with Gasteiger partial charge in [-0.1, -0.05) is 0 Å². The lowest BCUT2D eigenvalue weighted by Crippen LogP contribution is -2.44. The van der Waals surface area contributed by atoms with Crippen LogP contribution in [-0.4, -0.2) is 52.8 Å². The van der Waals surface area contributed by atoms with E-state index < -0.39 is 0 Å². The minimum absolute atomic E-state index is 0.113. The van der Waals surface area contributed by atoms with Crippen molar-refractivity contribution in [1.29, 1.82) is 0 Å². The first-order valence-electron chi connectivity index (χ1n) is 7.96. The Morgan fingerprint density at radius 1 is 1.16 bits per heavy atom. The van der Waals surface area contributed by atoms with Gasteiger partial charge in [0.1, 0.15) is 11.3 Å². The molecule has 0 radical (unpaired) electrons. The maximum Gasteiger partial charge on any atom is 0.332 e. The minimum Gasteiger partial charge on any atom is -0.497 e. The van der Waals surface area contributed by atoms with E-state index in [0.29, 0.717) is 28.4 Å². The lowest BCUT2D eigenvalue weighted by molar-refractivity contribution is 0.414. The van der Waals surface area contributed by atoms with Crippen LogP contribution in [0.5, 0.6) is 5.75 Å². The molecule has 0 saturated carbocycles. The molecule has 0 amide bonds. The van der Waals surface area contributed by atoms with Crippen molar-refractivity contribution in [3.05, 3.63) is 40.0 Å². The van der Waals surface area contributed by atoms with E-state index in [1.54, 1.807) is 31.4 Å². The summed E-state index contributed by atoms with van der Waals surface area (Å²) in [6.45, 7) is 3.29. The van der Waals surface area contributed by atoms with Gasteiger partial charge in [0.05, 0.1) is 12.8 Å². The Kier molecular flexibility index (Phi) is 4.06. The topological polar surface area (TPSA) is 88.1 Å². The average molecular weight is 361 g/mol. The number of benzene rings is 1. The molecule has 25 heavy (non-hydrogen) atoms. The van der Waals surface area contributed by atoms with Crippen LogP contribution in [0.4, 0.5) is 5.82 Å². The van der Waals surface area contributed by atoms with Crippen molar-refractivity contribution < 1.29 is 4.74 Å². The summed E-state index contributed by atoms with van der Waals surface area (Å²) in [6, 6.07) is 7.18. The van der Waals surface area contributed by atoms with E-state index in [0.717, 1.165) is 26.2 Å². The molecule has 1 aliphatic rings. The van der Waals surface area contributed by atoms with Crippen LogP contribution in [0.25, 0.3) is 16.9 Å². The van der Waals surface area contributed by atoms with Crippen LogP contribution in [-0.2, 0) is 0 Å². The largest absolute Gasteiger partial charge is 0.497 e. The van der Waals surface area contributed by atoms with Crippen LogP contribution in [0.2, 0.25) is 5.28 Å². The van der Waals surface area contributed by atoms with Gasteiger partial charge in [-0.25, -0.2) is 9.36 Å². The highest BCUT2D eigenvalue weighted by molar-refractivity contribution is 6.28. The van der Waals surface area contributed by atoms with E-state index in [1.807, 2.05) is 0 Å². The zero-order chi connectivity index (χ0) is 17.4. The normalized spacial score (nSPS) is 14.9. The fourth-order valence-corrected chi connectivity index (χ4v) is 3.18. The monoisotopic (exact) mass is 360 g/mol. The molecular weight excluding hydrogens is 344 g/mol. The van der Waals surface area contributed by atoms with E-state index in [9.17, 15) is 4.79 Å². The molecule has 1 aromatic carbocycles. The molecule has 8 nitrogen and oxygen atoms in total. The van der Waals surface area contributed by atoms with E-state index in [2.05, 4.69) is 25.2 Å². The number of anilines is 1. The van der Waals surface area contributed by atoms with E-state index in [4.69, 9.17) is 16.3 Å². The van der Waals surface area contributed by atoms with Crippen LogP contribution in [0.1, 0.15) is 0 Å². The first-order valence-corrected chi connectivity index (χ1v) is 8.33. The standard InChI is InChI=1S/C16H17ClN6O2/c1-25-11-4-2-10(3-5-11)23-14-12(19-16(23)24)13(20-15(17)21-14)22-8-6-18-7-9-22/h2-5,18H,6-9H2,1H3,(H,19,24). The number of fused-ring (bicyclic) bond motifs is 1. The Balaban J connectivity index is 1.89. The molecule has 0 unspecified atom stereocenters. The summed E-state index contributed by atoms with van der Waals surface area (Å²) >= 11 is 6.15. The van der Waals surface area contributed by atoms with E-state index in [-0.39, 0.29) is 11.0 Å². The second kappa shape index (κ2) is 6.38. The van der Waals surface area contributed by atoms with Gasteiger partial charge in [0.25, 0.3) is 0 Å². The van der Waals surface area contributed by atoms with Crippen molar-refractivity contribution in [3.8, 4) is 11.4 Å². The number of halogens is 1. The predicted octanol–water partition coefficient (Wildman–Crippen LogP) is 1.18. The third-order valence-corrected chi connectivity index (χ3v) is 4.41. The van der Waals surface area contributed by atoms with Crippen molar-refractivity contribution in [2.24, 2.45) is 0 Å². The molecule has 0 aliphatic carbocycles. The fraction of sp³-hybridized carbons (Fsp3) is 0.312. The summed E-state index contributed by atoms with van der Waals surface area (Å²) in [5.74, 6) is 1.37. The third kappa shape index (κ3) is 2.83. The van der Waals surface area contributed by atoms with Gasteiger partial charge in [-0.15, -0.1) is 0 Å². The van der Waals surface area contributed by atoms with Crippen molar-refractivity contribution in [1.82, 2.24) is 24.8 Å². The van der Waals surface area contributed by atoms with Crippen molar-refractivity contribution in [2.45, 2.75) is 0 Å². The lowest BCUT2D eigenvalue weighted by atomic mass is 10.3. The molecule has 4 rings (SSSR count). The highest BCUT2D eigenvalue weighted by atomic mass is 35.5. The molecule has 1 saturated heterocycles. The summed E-state index contributed by atoms with van der Waals surface area (Å²) in [7, 11) is 1.60. The quantitative estimate of drug-likeness (QED) is 0.682. The number of nitrogens with one attached hydrogen (secondary N) is 2. The van der Waals surface area contributed by atoms with Gasteiger partial charge in [-0.05, 0) is 35.9 Å². The van der Waals surface area contributed by atoms with Gasteiger partial charge in [0, 0.05) is 26.2 Å². The highest BCUT2D eigenvalue weighted by Gasteiger charge is 2.21. The van der Waals surface area contributed by atoms with Gasteiger partial charge in [-0.3, -0.25) is 0 Å². The number of methoxy groups -OCH3 is 1. The minimum atomic E-state index is -0.284. The molecule has 3 heterocycles. The number of ether oxygens (including phenoxy) is 1. The van der Waals surface area contributed by atoms with Crippen LogP contribution in [0.3, 0.4) is 0 Å². The second-order valence-electron chi connectivity index (χ2n) is 5.72. The summed E-state index contributed by atoms with van der Waals surface area (Å²) in [5, 5.41) is 3.41. The van der Waals surface area contributed by atoms with Crippen LogP contribution < -0.4 is 20.6 Å². The number of aromatic amines is 1. The Bertz CT molecular complexity index is 959. The first kappa shape index (κ1) is 15.9. The van der Waals surface area contributed by atoms with Gasteiger partial charge in [0.15, 0.2) is 11.5 Å². The number of H-pyrrole nitrogens is 1. The first-order chi connectivity index (χ1) is 12.2. The molecule has 2 N–H and O–H groups in total. The van der Waals surface area contributed by atoms with Gasteiger partial charge < -0.3 is 19.9 Å². The molecule has 1 aliphatic heterocycles. The Morgan fingerprint density at radius 3 is 2.56 bits per heavy atom. The number of imidazole rings is 1. The SMILES string of the molecule is COc1ccc(-n2c(=O)[nH]c3c(N4CCNCC4)nc(Cl)nc32)cc1. The number of rotatable bonds is 3. The Labute approximate surface area is 148 Å². The molecule has 130 valence electrons. The van der Waals surface area contributed by atoms with Gasteiger partial charge >= 0.3 is 5.69 Å². The zero-order valence-electron chi connectivity index (χ0n) is 13.6. The molecule has 9 heteroatoms. The molecular formula is C16H17ClN6O2. The van der Waals surface area contributed by atoms with Gasteiger partial charge in [-0.2, -0.15) is 9.97 Å². The number of nitrogens with zero attached hydrogens (tertiary/aromatic N) is 4. The van der Waals surface area contributed by atoms with Crippen molar-refractivity contribution in [3.63, 3.8) is 0 Å². The molecule has 0 bridgehead atoms. The van der Waals surface area contributed by atoms with E-state index in [1.165, 1.54) is 4.57 Å². The number of aromatic nitrogens is 4. The van der Waals surface area contributed by atoms with Crippen LogP contribution >= 0.6 is 11.6 Å². The maximum atomic E-state index is 12.6. The number of hydrogen-bond acceptors (Lipinski definition) is 6. The Morgan fingerprint density at radius 2 is 1.88 bits per heavy atom. The third-order valence-electron chi connectivity index (χ3n) is 4.24. The Hall–Kier alpha value is -2.58. The highest BCUT2D eigenvalue weighted by Crippen LogP contribution is 2.25. The summed E-state index contributed by atoms with van der Waals surface area (Å²) in [4.78, 5) is 26.2. The fourth-order valence-electron chi connectivity index (χ4n) is 3.02. The van der Waals surface area contributed by atoms with E-state index >= 15 is 0 Å². The summed E-state index contributed by atoms with van der Waals surface area (Å²) in [6.07, 6.45) is 0. The summed E-state index contributed by atoms with van der Waals surface area (Å²) in [5.41, 5.74) is 1.45. The number of piperazine rings is 1. The number of hydrogen-bond donors (Lipinski definition) is 2. The zero-order valence-corrected chi connectivity index (χ0v) is 14.4. The van der Waals surface area contributed by atoms with Crippen molar-refractivity contribution in [2.75, 3.05) is 38.2 Å². The summed E-state index contributed by atoms with van der Waals surface area (Å²) < 4.78 is 6.66. The molecule has 3 aromatic rings. The average Bonchev–Trinajstić information content (AvgIpc) is 2.97.